The lowest BCUT2D eigenvalue weighted by Crippen LogP contribution is -2.05. The van der Waals surface area contributed by atoms with Gasteiger partial charge in [0.25, 0.3) is 0 Å². The Morgan fingerprint density at radius 1 is 1.00 bits per heavy atom. The Balaban J connectivity index is 2.52. The maximum atomic E-state index is 12.4. The van der Waals surface area contributed by atoms with Gasteiger partial charge in [0, 0.05) is 11.6 Å². The number of nitrogens with two attached hydrogens (primary N) is 1. The van der Waals surface area contributed by atoms with E-state index in [-0.39, 0.29) is 5.78 Å². The van der Waals surface area contributed by atoms with Gasteiger partial charge in [0.2, 0.25) is 0 Å². The zero-order valence-corrected chi connectivity index (χ0v) is 10.8. The third kappa shape index (κ3) is 2.52. The Hall–Kier alpha value is -2.49. The lowest BCUT2D eigenvalue weighted by Gasteiger charge is -2.12. The molecule has 0 unspecified atom stereocenters. The molecule has 0 fully saturated rings. The van der Waals surface area contributed by atoms with Gasteiger partial charge in [-0.2, -0.15) is 0 Å². The number of ether oxygens (including phenoxy) is 2. The fourth-order valence-electron chi connectivity index (χ4n) is 1.84. The Morgan fingerprint density at radius 2 is 1.63 bits per heavy atom. The molecule has 4 heteroatoms. The van der Waals surface area contributed by atoms with Crippen molar-refractivity contribution in [1.29, 1.82) is 0 Å². The van der Waals surface area contributed by atoms with E-state index in [4.69, 9.17) is 15.2 Å². The minimum atomic E-state index is -0.129. The third-order valence-corrected chi connectivity index (χ3v) is 2.83. The van der Waals surface area contributed by atoms with E-state index >= 15 is 0 Å². The molecule has 0 spiro atoms. The summed E-state index contributed by atoms with van der Waals surface area (Å²) in [5.41, 5.74) is 7.25. The SMILES string of the molecule is COc1cc(C(=O)c2ccccc2)c(OC)cc1N. The van der Waals surface area contributed by atoms with Crippen LogP contribution < -0.4 is 15.2 Å². The van der Waals surface area contributed by atoms with Gasteiger partial charge in [-0.25, -0.2) is 0 Å². The van der Waals surface area contributed by atoms with Crippen LogP contribution in [0, 0.1) is 0 Å². The van der Waals surface area contributed by atoms with Crippen LogP contribution in [0.1, 0.15) is 15.9 Å². The molecule has 0 saturated carbocycles. The number of rotatable bonds is 4. The van der Waals surface area contributed by atoms with Crippen molar-refractivity contribution >= 4 is 11.5 Å². The van der Waals surface area contributed by atoms with Crippen LogP contribution in [-0.2, 0) is 0 Å². The maximum absolute atomic E-state index is 12.4. The lowest BCUT2D eigenvalue weighted by atomic mass is 10.0. The first kappa shape index (κ1) is 13.0. The van der Waals surface area contributed by atoms with Crippen molar-refractivity contribution in [2.75, 3.05) is 20.0 Å². The summed E-state index contributed by atoms with van der Waals surface area (Å²) in [6, 6.07) is 12.2. The molecule has 2 rings (SSSR count). The van der Waals surface area contributed by atoms with Gasteiger partial charge >= 0.3 is 0 Å². The molecule has 98 valence electrons. The molecular weight excluding hydrogens is 242 g/mol. The number of methoxy groups -OCH3 is 2. The molecule has 0 atom stereocenters. The molecule has 0 aliphatic heterocycles. The number of carbonyl (C=O) groups excluding carboxylic acids is 1. The van der Waals surface area contributed by atoms with E-state index in [1.165, 1.54) is 14.2 Å². The van der Waals surface area contributed by atoms with Gasteiger partial charge < -0.3 is 15.2 Å². The van der Waals surface area contributed by atoms with Crippen molar-refractivity contribution < 1.29 is 14.3 Å². The van der Waals surface area contributed by atoms with E-state index in [2.05, 4.69) is 0 Å². The van der Waals surface area contributed by atoms with E-state index < -0.39 is 0 Å². The summed E-state index contributed by atoms with van der Waals surface area (Å²) in [7, 11) is 3.01. The highest BCUT2D eigenvalue weighted by Crippen LogP contribution is 2.32. The average Bonchev–Trinajstić information content (AvgIpc) is 2.47. The van der Waals surface area contributed by atoms with Crippen molar-refractivity contribution in [2.45, 2.75) is 0 Å². The van der Waals surface area contributed by atoms with Gasteiger partial charge in [0.15, 0.2) is 5.78 Å². The quantitative estimate of drug-likeness (QED) is 0.675. The first-order valence-electron chi connectivity index (χ1n) is 5.78. The Kier molecular flexibility index (Phi) is 3.71. The fourth-order valence-corrected chi connectivity index (χ4v) is 1.84. The minimum Gasteiger partial charge on any atom is -0.496 e. The Morgan fingerprint density at radius 3 is 2.21 bits per heavy atom. The smallest absolute Gasteiger partial charge is 0.196 e. The monoisotopic (exact) mass is 257 g/mol. The summed E-state index contributed by atoms with van der Waals surface area (Å²) in [5, 5.41) is 0. The van der Waals surface area contributed by atoms with Gasteiger partial charge in [-0.05, 0) is 6.07 Å². The third-order valence-electron chi connectivity index (χ3n) is 2.83. The number of anilines is 1. The molecule has 0 aromatic heterocycles. The lowest BCUT2D eigenvalue weighted by molar-refractivity contribution is 0.103. The van der Waals surface area contributed by atoms with Crippen LogP contribution >= 0.6 is 0 Å². The summed E-state index contributed by atoms with van der Waals surface area (Å²) >= 11 is 0. The normalized spacial score (nSPS) is 10.0. The maximum Gasteiger partial charge on any atom is 0.196 e. The number of hydrogen-bond donors (Lipinski definition) is 1. The van der Waals surface area contributed by atoms with Crippen molar-refractivity contribution in [1.82, 2.24) is 0 Å². The second-order valence-corrected chi connectivity index (χ2v) is 3.99. The van der Waals surface area contributed by atoms with E-state index in [0.717, 1.165) is 0 Å². The number of hydrogen-bond acceptors (Lipinski definition) is 4. The zero-order valence-electron chi connectivity index (χ0n) is 10.8. The molecule has 0 amide bonds. The van der Waals surface area contributed by atoms with Gasteiger partial charge in [-0.15, -0.1) is 0 Å². The number of ketones is 1. The Labute approximate surface area is 111 Å². The van der Waals surface area contributed by atoms with E-state index in [1.807, 2.05) is 18.2 Å². The average molecular weight is 257 g/mol. The largest absolute Gasteiger partial charge is 0.496 e. The first-order valence-corrected chi connectivity index (χ1v) is 5.78. The van der Waals surface area contributed by atoms with Gasteiger partial charge in [0.05, 0.1) is 25.5 Å². The topological polar surface area (TPSA) is 61.5 Å². The van der Waals surface area contributed by atoms with Gasteiger partial charge in [0.1, 0.15) is 11.5 Å². The highest BCUT2D eigenvalue weighted by Gasteiger charge is 2.17. The fraction of sp³-hybridized carbons (Fsp3) is 0.133. The van der Waals surface area contributed by atoms with Crippen molar-refractivity contribution in [3.05, 3.63) is 53.6 Å². The van der Waals surface area contributed by atoms with Crippen LogP contribution in [0.3, 0.4) is 0 Å². The van der Waals surface area contributed by atoms with Crippen LogP contribution in [0.25, 0.3) is 0 Å². The number of carbonyl (C=O) groups is 1. The van der Waals surface area contributed by atoms with Crippen LogP contribution in [0.4, 0.5) is 5.69 Å². The van der Waals surface area contributed by atoms with E-state index in [1.54, 1.807) is 24.3 Å². The highest BCUT2D eigenvalue weighted by atomic mass is 16.5. The second kappa shape index (κ2) is 5.44. The highest BCUT2D eigenvalue weighted by molar-refractivity contribution is 6.11. The van der Waals surface area contributed by atoms with E-state index in [0.29, 0.717) is 28.3 Å². The molecule has 4 nitrogen and oxygen atoms in total. The number of nitrogen functional groups attached to an aromatic ring is 1. The van der Waals surface area contributed by atoms with E-state index in [9.17, 15) is 4.79 Å². The van der Waals surface area contributed by atoms with Crippen molar-refractivity contribution in [3.63, 3.8) is 0 Å². The zero-order chi connectivity index (χ0) is 13.8. The van der Waals surface area contributed by atoms with Gasteiger partial charge in [-0.1, -0.05) is 30.3 Å². The predicted molar refractivity (Wildman–Crippen MR) is 73.8 cm³/mol. The molecule has 2 N–H and O–H groups in total. The molecule has 0 radical (unpaired) electrons. The van der Waals surface area contributed by atoms with Crippen molar-refractivity contribution in [3.8, 4) is 11.5 Å². The summed E-state index contributed by atoms with van der Waals surface area (Å²) in [5.74, 6) is 0.767. The molecule has 0 bridgehead atoms. The predicted octanol–water partition coefficient (Wildman–Crippen LogP) is 2.52. The van der Waals surface area contributed by atoms with Crippen molar-refractivity contribution in [2.24, 2.45) is 0 Å². The molecule has 2 aromatic rings. The van der Waals surface area contributed by atoms with Crippen LogP contribution in [-0.4, -0.2) is 20.0 Å². The van der Waals surface area contributed by atoms with Crippen LogP contribution in [0.2, 0.25) is 0 Å². The molecular formula is C15H15NO3. The summed E-state index contributed by atoms with van der Waals surface area (Å²) in [4.78, 5) is 12.4. The standard InChI is InChI=1S/C15H15NO3/c1-18-13-9-12(16)14(19-2)8-11(13)15(17)10-6-4-3-5-7-10/h3-9H,16H2,1-2H3. The molecule has 0 aliphatic rings. The summed E-state index contributed by atoms with van der Waals surface area (Å²) < 4.78 is 10.4. The molecule has 0 saturated heterocycles. The first-order chi connectivity index (χ1) is 9.17. The molecule has 19 heavy (non-hydrogen) atoms. The molecule has 2 aromatic carbocycles. The molecule has 0 aliphatic carbocycles. The van der Waals surface area contributed by atoms with Crippen LogP contribution in [0.5, 0.6) is 11.5 Å². The summed E-state index contributed by atoms with van der Waals surface area (Å²) in [6.45, 7) is 0. The summed E-state index contributed by atoms with van der Waals surface area (Å²) in [6.07, 6.45) is 0. The molecule has 0 heterocycles. The van der Waals surface area contributed by atoms with Crippen LogP contribution in [0.15, 0.2) is 42.5 Å². The Bertz CT molecular complexity index is 594. The van der Waals surface area contributed by atoms with Gasteiger partial charge in [-0.3, -0.25) is 4.79 Å². The minimum absolute atomic E-state index is 0.129. The number of benzene rings is 2. The second-order valence-electron chi connectivity index (χ2n) is 3.99.